The number of aromatic nitrogens is 1. The summed E-state index contributed by atoms with van der Waals surface area (Å²) in [7, 11) is 1.54. The smallest absolute Gasteiger partial charge is 0.330 e. The normalized spacial score (nSPS) is 10.4. The van der Waals surface area contributed by atoms with Crippen LogP contribution in [0, 0.1) is 0 Å². The Labute approximate surface area is 102 Å². The first-order valence-electron chi connectivity index (χ1n) is 4.71. The fraction of sp³-hybridized carbons (Fsp3) is 0.273. The number of halogens is 1. The number of rotatable bonds is 4. The Balaban J connectivity index is 2.83. The largest absolute Gasteiger partial charge is 0.481 e. The molecule has 1 aromatic rings. The number of ether oxygens (including phenoxy) is 2. The number of hydrogen-bond acceptors (Lipinski definition) is 4. The number of nitrogens with zero attached hydrogens (tertiary/aromatic N) is 1. The van der Waals surface area contributed by atoms with Gasteiger partial charge in [0.1, 0.15) is 0 Å². The van der Waals surface area contributed by atoms with E-state index in [0.717, 1.165) is 10.0 Å². The maximum Gasteiger partial charge on any atom is 0.330 e. The highest BCUT2D eigenvalue weighted by Crippen LogP contribution is 2.20. The van der Waals surface area contributed by atoms with Gasteiger partial charge in [-0.2, -0.15) is 0 Å². The van der Waals surface area contributed by atoms with Gasteiger partial charge in [-0.25, -0.2) is 9.78 Å². The summed E-state index contributed by atoms with van der Waals surface area (Å²) in [4.78, 5) is 15.1. The predicted octanol–water partition coefficient (Wildman–Crippen LogP) is 2.43. The Morgan fingerprint density at radius 1 is 1.62 bits per heavy atom. The van der Waals surface area contributed by atoms with E-state index in [-0.39, 0.29) is 5.97 Å². The zero-order valence-electron chi connectivity index (χ0n) is 9.07. The molecule has 0 radical (unpaired) electrons. The van der Waals surface area contributed by atoms with E-state index in [9.17, 15) is 4.79 Å². The van der Waals surface area contributed by atoms with Gasteiger partial charge in [0, 0.05) is 22.8 Å². The Morgan fingerprint density at radius 3 is 3.00 bits per heavy atom. The molecule has 16 heavy (non-hydrogen) atoms. The van der Waals surface area contributed by atoms with Crippen LogP contribution in [0.3, 0.4) is 0 Å². The predicted molar refractivity (Wildman–Crippen MR) is 64.2 cm³/mol. The average Bonchev–Trinajstić information content (AvgIpc) is 2.28. The molecule has 0 aromatic carbocycles. The monoisotopic (exact) mass is 285 g/mol. The highest BCUT2D eigenvalue weighted by molar-refractivity contribution is 9.10. The van der Waals surface area contributed by atoms with Gasteiger partial charge < -0.3 is 9.47 Å². The van der Waals surface area contributed by atoms with E-state index < -0.39 is 0 Å². The minimum Gasteiger partial charge on any atom is -0.481 e. The molecule has 86 valence electrons. The van der Waals surface area contributed by atoms with Crippen molar-refractivity contribution in [3.05, 3.63) is 28.4 Å². The third kappa shape index (κ3) is 3.66. The minimum absolute atomic E-state index is 0.365. The lowest BCUT2D eigenvalue weighted by Gasteiger charge is -2.02. The Hall–Kier alpha value is -1.36. The summed E-state index contributed by atoms with van der Waals surface area (Å²) in [6.07, 6.45) is 4.62. The van der Waals surface area contributed by atoms with E-state index in [2.05, 4.69) is 20.9 Å². The molecule has 0 unspecified atom stereocenters. The second-order valence-electron chi connectivity index (χ2n) is 2.83. The van der Waals surface area contributed by atoms with Gasteiger partial charge in [-0.05, 0) is 34.5 Å². The molecule has 0 saturated heterocycles. The molecule has 0 aliphatic heterocycles. The van der Waals surface area contributed by atoms with Gasteiger partial charge in [-0.15, -0.1) is 0 Å². The molecule has 0 spiro atoms. The lowest BCUT2D eigenvalue weighted by molar-refractivity contribution is -0.137. The minimum atomic E-state index is -0.370. The first-order valence-corrected chi connectivity index (χ1v) is 5.51. The van der Waals surface area contributed by atoms with Crippen LogP contribution >= 0.6 is 15.9 Å². The maximum absolute atomic E-state index is 11.1. The molecule has 0 aliphatic rings. The lowest BCUT2D eigenvalue weighted by atomic mass is 10.2. The van der Waals surface area contributed by atoms with E-state index in [4.69, 9.17) is 9.47 Å². The zero-order valence-corrected chi connectivity index (χ0v) is 10.7. The van der Waals surface area contributed by atoms with Crippen molar-refractivity contribution in [2.45, 2.75) is 6.92 Å². The molecule has 0 amide bonds. The topological polar surface area (TPSA) is 48.4 Å². The van der Waals surface area contributed by atoms with Crippen LogP contribution in [-0.4, -0.2) is 24.7 Å². The van der Waals surface area contributed by atoms with Crippen LogP contribution in [-0.2, 0) is 9.53 Å². The van der Waals surface area contributed by atoms with Crippen LogP contribution < -0.4 is 4.74 Å². The highest BCUT2D eigenvalue weighted by atomic mass is 79.9. The second-order valence-corrected chi connectivity index (χ2v) is 3.69. The summed E-state index contributed by atoms with van der Waals surface area (Å²) in [6.45, 7) is 2.13. The fourth-order valence-electron chi connectivity index (χ4n) is 1.02. The van der Waals surface area contributed by atoms with Crippen molar-refractivity contribution in [3.63, 3.8) is 0 Å². The van der Waals surface area contributed by atoms with Crippen LogP contribution in [0.25, 0.3) is 6.08 Å². The molecule has 5 heteroatoms. The molecule has 0 aliphatic carbocycles. The molecule has 1 rings (SSSR count). The molecular weight excluding hydrogens is 274 g/mol. The van der Waals surface area contributed by atoms with Gasteiger partial charge >= 0.3 is 5.97 Å². The third-order valence-electron chi connectivity index (χ3n) is 1.75. The first-order chi connectivity index (χ1) is 7.67. The molecule has 0 fully saturated rings. The van der Waals surface area contributed by atoms with Crippen molar-refractivity contribution in [2.75, 3.05) is 13.7 Å². The summed E-state index contributed by atoms with van der Waals surface area (Å²) >= 11 is 3.33. The van der Waals surface area contributed by atoms with Crippen molar-refractivity contribution in [1.82, 2.24) is 4.98 Å². The third-order valence-corrected chi connectivity index (χ3v) is 2.42. The molecule has 1 heterocycles. The van der Waals surface area contributed by atoms with Crippen molar-refractivity contribution in [3.8, 4) is 5.88 Å². The molecule has 0 bridgehead atoms. The van der Waals surface area contributed by atoms with E-state index in [1.165, 1.54) is 13.2 Å². The molecule has 4 nitrogen and oxygen atoms in total. The molecule has 0 N–H and O–H groups in total. The van der Waals surface area contributed by atoms with Crippen LogP contribution in [0.2, 0.25) is 0 Å². The van der Waals surface area contributed by atoms with Gasteiger partial charge in [0.05, 0.1) is 13.7 Å². The molecular formula is C11H12BrNO3. The number of carbonyl (C=O) groups excluding carboxylic acids is 1. The van der Waals surface area contributed by atoms with E-state index in [0.29, 0.717) is 12.5 Å². The SMILES string of the molecule is CCOC(=O)/C=C/c1cc(OC)ncc1Br. The van der Waals surface area contributed by atoms with Gasteiger partial charge in [-0.1, -0.05) is 0 Å². The van der Waals surface area contributed by atoms with Crippen LogP contribution in [0.5, 0.6) is 5.88 Å². The quantitative estimate of drug-likeness (QED) is 0.630. The summed E-state index contributed by atoms with van der Waals surface area (Å²) in [5, 5.41) is 0. The second kappa shape index (κ2) is 6.27. The van der Waals surface area contributed by atoms with Gasteiger partial charge in [0.15, 0.2) is 0 Å². The van der Waals surface area contributed by atoms with Gasteiger partial charge in [-0.3, -0.25) is 0 Å². The Kier molecular flexibility index (Phi) is 4.98. The van der Waals surface area contributed by atoms with Crippen molar-refractivity contribution < 1.29 is 14.3 Å². The van der Waals surface area contributed by atoms with E-state index in [1.807, 2.05) is 0 Å². The summed E-state index contributed by atoms with van der Waals surface area (Å²) < 4.78 is 10.5. The van der Waals surface area contributed by atoms with Gasteiger partial charge in [0.2, 0.25) is 5.88 Å². The van der Waals surface area contributed by atoms with Gasteiger partial charge in [0.25, 0.3) is 0 Å². The number of hydrogen-bond donors (Lipinski definition) is 0. The van der Waals surface area contributed by atoms with Crippen LogP contribution in [0.15, 0.2) is 22.8 Å². The van der Waals surface area contributed by atoms with Crippen molar-refractivity contribution in [2.24, 2.45) is 0 Å². The number of esters is 1. The van der Waals surface area contributed by atoms with E-state index >= 15 is 0 Å². The summed E-state index contributed by atoms with van der Waals surface area (Å²) in [6, 6.07) is 1.72. The molecule has 0 saturated carbocycles. The highest BCUT2D eigenvalue weighted by Gasteiger charge is 2.01. The fourth-order valence-corrected chi connectivity index (χ4v) is 1.37. The number of pyridine rings is 1. The first kappa shape index (κ1) is 12.7. The maximum atomic E-state index is 11.1. The van der Waals surface area contributed by atoms with Crippen LogP contribution in [0.1, 0.15) is 12.5 Å². The average molecular weight is 286 g/mol. The van der Waals surface area contributed by atoms with Crippen molar-refractivity contribution in [1.29, 1.82) is 0 Å². The van der Waals surface area contributed by atoms with Crippen LogP contribution in [0.4, 0.5) is 0 Å². The molecule has 0 atom stereocenters. The number of carbonyl (C=O) groups is 1. The summed E-state index contributed by atoms with van der Waals surface area (Å²) in [5.74, 6) is 0.122. The Morgan fingerprint density at radius 2 is 2.38 bits per heavy atom. The molecule has 1 aromatic heterocycles. The summed E-state index contributed by atoms with van der Waals surface area (Å²) in [5.41, 5.74) is 0.805. The lowest BCUT2D eigenvalue weighted by Crippen LogP contribution is -1.98. The van der Waals surface area contributed by atoms with Crippen molar-refractivity contribution >= 4 is 28.0 Å². The zero-order chi connectivity index (χ0) is 12.0. The van der Waals surface area contributed by atoms with E-state index in [1.54, 1.807) is 25.3 Å². The number of methoxy groups -OCH3 is 1. The Bertz CT molecular complexity index is 404. The standard InChI is InChI=1S/C11H12BrNO3/c1-3-16-11(14)5-4-8-6-10(15-2)13-7-9(8)12/h4-7H,3H2,1-2H3/b5-4+.